The summed E-state index contributed by atoms with van der Waals surface area (Å²) in [6, 6.07) is 13.8. The van der Waals surface area contributed by atoms with Crippen LogP contribution in [0.15, 0.2) is 47.4 Å². The summed E-state index contributed by atoms with van der Waals surface area (Å²) in [6.45, 7) is 6.97. The highest BCUT2D eigenvalue weighted by Gasteiger charge is 2.13. The van der Waals surface area contributed by atoms with Gasteiger partial charge in [-0.3, -0.25) is 0 Å². The maximum atomic E-state index is 13.9. The van der Waals surface area contributed by atoms with E-state index >= 15 is 0 Å². The van der Waals surface area contributed by atoms with E-state index in [0.29, 0.717) is 12.3 Å². The first-order chi connectivity index (χ1) is 9.90. The van der Waals surface area contributed by atoms with Gasteiger partial charge in [0.25, 0.3) is 0 Å². The molecule has 3 heteroatoms. The third-order valence-electron chi connectivity index (χ3n) is 3.47. The van der Waals surface area contributed by atoms with Gasteiger partial charge in [-0.05, 0) is 40.3 Å². The summed E-state index contributed by atoms with van der Waals surface area (Å²) >= 11 is 1.65. The van der Waals surface area contributed by atoms with Crippen molar-refractivity contribution < 1.29 is 4.39 Å². The fourth-order valence-corrected chi connectivity index (χ4v) is 2.93. The number of benzene rings is 2. The van der Waals surface area contributed by atoms with E-state index < -0.39 is 0 Å². The highest BCUT2D eigenvalue weighted by molar-refractivity contribution is 7.98. The van der Waals surface area contributed by atoms with Crippen LogP contribution in [0.1, 0.15) is 37.5 Å². The van der Waals surface area contributed by atoms with Crippen molar-refractivity contribution in [2.75, 3.05) is 0 Å². The molecule has 2 N–H and O–H groups in total. The summed E-state index contributed by atoms with van der Waals surface area (Å²) in [5, 5.41) is 0. The normalized spacial score (nSPS) is 11.7. The molecule has 21 heavy (non-hydrogen) atoms. The Morgan fingerprint density at radius 1 is 1.05 bits per heavy atom. The Morgan fingerprint density at radius 2 is 1.71 bits per heavy atom. The van der Waals surface area contributed by atoms with E-state index in [-0.39, 0.29) is 11.2 Å². The van der Waals surface area contributed by atoms with Gasteiger partial charge in [0.1, 0.15) is 5.82 Å². The highest BCUT2D eigenvalue weighted by Crippen LogP contribution is 2.28. The topological polar surface area (TPSA) is 26.0 Å². The van der Waals surface area contributed by atoms with Gasteiger partial charge >= 0.3 is 0 Å². The minimum Gasteiger partial charge on any atom is -0.326 e. The van der Waals surface area contributed by atoms with Crippen LogP contribution in [-0.2, 0) is 17.7 Å². The van der Waals surface area contributed by atoms with Crippen molar-refractivity contribution in [3.63, 3.8) is 0 Å². The van der Waals surface area contributed by atoms with Crippen LogP contribution in [0.3, 0.4) is 0 Å². The fraction of sp³-hybridized carbons (Fsp3) is 0.333. The lowest BCUT2D eigenvalue weighted by atomic mass is 9.87. The third-order valence-corrected chi connectivity index (χ3v) is 4.53. The van der Waals surface area contributed by atoms with Crippen molar-refractivity contribution in [3.8, 4) is 0 Å². The van der Waals surface area contributed by atoms with Crippen LogP contribution in [0.5, 0.6) is 0 Å². The first-order valence-electron chi connectivity index (χ1n) is 7.11. The minimum absolute atomic E-state index is 0.160. The molecule has 0 bridgehead atoms. The summed E-state index contributed by atoms with van der Waals surface area (Å²) in [5.41, 5.74) is 8.53. The number of hydrogen-bond donors (Lipinski definition) is 1. The minimum atomic E-state index is -0.170. The zero-order valence-corrected chi connectivity index (χ0v) is 13.6. The fourth-order valence-electron chi connectivity index (χ4n) is 2.05. The van der Waals surface area contributed by atoms with Crippen molar-refractivity contribution in [3.05, 3.63) is 65.0 Å². The SMILES string of the molecule is CC(C)(C)c1ccc(SCc2ccc(CN)cc2F)cc1. The quantitative estimate of drug-likeness (QED) is 0.815. The maximum absolute atomic E-state index is 13.9. The van der Waals surface area contributed by atoms with E-state index in [1.807, 2.05) is 12.1 Å². The van der Waals surface area contributed by atoms with Crippen molar-refractivity contribution in [2.24, 2.45) is 5.73 Å². The van der Waals surface area contributed by atoms with Crippen LogP contribution >= 0.6 is 11.8 Å². The lowest BCUT2D eigenvalue weighted by Gasteiger charge is -2.19. The number of hydrogen-bond acceptors (Lipinski definition) is 2. The van der Waals surface area contributed by atoms with Gasteiger partial charge in [-0.1, -0.05) is 45.0 Å². The molecule has 2 aromatic rings. The first kappa shape index (κ1) is 16.1. The standard InChI is InChI=1S/C18H22FNS/c1-18(2,3)15-6-8-16(9-7-15)21-12-14-5-4-13(11-20)10-17(14)19/h4-10H,11-12,20H2,1-3H3. The molecule has 0 heterocycles. The predicted molar refractivity (Wildman–Crippen MR) is 89.0 cm³/mol. The van der Waals surface area contributed by atoms with E-state index in [2.05, 4.69) is 45.0 Å². The second-order valence-corrected chi connectivity index (χ2v) is 7.24. The molecule has 112 valence electrons. The summed E-state index contributed by atoms with van der Waals surface area (Å²) < 4.78 is 13.9. The van der Waals surface area contributed by atoms with E-state index in [4.69, 9.17) is 5.73 Å². The van der Waals surface area contributed by atoms with Crippen molar-refractivity contribution in [2.45, 2.75) is 43.4 Å². The first-order valence-corrected chi connectivity index (χ1v) is 8.09. The van der Waals surface area contributed by atoms with E-state index in [9.17, 15) is 4.39 Å². The van der Waals surface area contributed by atoms with Gasteiger partial charge in [0, 0.05) is 17.2 Å². The Morgan fingerprint density at radius 3 is 2.24 bits per heavy atom. The van der Waals surface area contributed by atoms with Gasteiger partial charge in [-0.25, -0.2) is 4.39 Å². The molecule has 0 fully saturated rings. The molecule has 0 aliphatic heterocycles. The smallest absolute Gasteiger partial charge is 0.127 e. The van der Waals surface area contributed by atoms with Crippen LogP contribution in [0, 0.1) is 5.82 Å². The summed E-state index contributed by atoms with van der Waals surface area (Å²) in [4.78, 5) is 1.16. The van der Waals surface area contributed by atoms with Gasteiger partial charge < -0.3 is 5.73 Å². The van der Waals surface area contributed by atoms with Gasteiger partial charge in [0.15, 0.2) is 0 Å². The van der Waals surface area contributed by atoms with Crippen LogP contribution < -0.4 is 5.73 Å². The van der Waals surface area contributed by atoms with E-state index in [1.54, 1.807) is 11.8 Å². The molecule has 0 saturated carbocycles. The van der Waals surface area contributed by atoms with Crippen LogP contribution in [0.25, 0.3) is 0 Å². The van der Waals surface area contributed by atoms with Gasteiger partial charge in [0.2, 0.25) is 0 Å². The van der Waals surface area contributed by atoms with Crippen LogP contribution in [0.2, 0.25) is 0 Å². The highest BCUT2D eigenvalue weighted by atomic mass is 32.2. The summed E-state index contributed by atoms with van der Waals surface area (Å²) in [5.74, 6) is 0.461. The van der Waals surface area contributed by atoms with Gasteiger partial charge in [-0.15, -0.1) is 11.8 Å². The molecule has 0 aliphatic carbocycles. The second-order valence-electron chi connectivity index (χ2n) is 6.19. The molecule has 2 rings (SSSR count). The number of rotatable bonds is 4. The molecule has 0 radical (unpaired) electrons. The maximum Gasteiger partial charge on any atom is 0.127 e. The summed E-state index contributed by atoms with van der Waals surface area (Å²) in [6.07, 6.45) is 0. The predicted octanol–water partition coefficient (Wildman–Crippen LogP) is 4.87. The zero-order chi connectivity index (χ0) is 15.5. The molecular formula is C18H22FNS. The molecule has 0 spiro atoms. The molecule has 2 aromatic carbocycles. The average molecular weight is 303 g/mol. The lowest BCUT2D eigenvalue weighted by Crippen LogP contribution is -2.10. The number of thioether (sulfide) groups is 1. The second kappa shape index (κ2) is 6.63. The Hall–Kier alpha value is -1.32. The molecule has 1 nitrogen and oxygen atoms in total. The average Bonchev–Trinajstić information content (AvgIpc) is 2.45. The van der Waals surface area contributed by atoms with E-state index in [1.165, 1.54) is 11.6 Å². The van der Waals surface area contributed by atoms with Crippen LogP contribution in [0.4, 0.5) is 4.39 Å². The van der Waals surface area contributed by atoms with Crippen molar-refractivity contribution >= 4 is 11.8 Å². The molecule has 0 aliphatic rings. The number of nitrogens with two attached hydrogens (primary N) is 1. The monoisotopic (exact) mass is 303 g/mol. The van der Waals surface area contributed by atoms with Crippen LogP contribution in [-0.4, -0.2) is 0 Å². The zero-order valence-electron chi connectivity index (χ0n) is 12.8. The van der Waals surface area contributed by atoms with E-state index in [0.717, 1.165) is 16.0 Å². The lowest BCUT2D eigenvalue weighted by molar-refractivity contribution is 0.590. The Balaban J connectivity index is 2.03. The third kappa shape index (κ3) is 4.32. The Bertz CT molecular complexity index is 600. The molecular weight excluding hydrogens is 281 g/mol. The molecule has 0 atom stereocenters. The van der Waals surface area contributed by atoms with Crippen molar-refractivity contribution in [1.82, 2.24) is 0 Å². The Labute approximate surface area is 130 Å². The number of halogens is 1. The molecule has 0 aromatic heterocycles. The molecule has 0 saturated heterocycles. The largest absolute Gasteiger partial charge is 0.326 e. The summed E-state index contributed by atoms with van der Waals surface area (Å²) in [7, 11) is 0. The molecule has 0 unspecified atom stereocenters. The van der Waals surface area contributed by atoms with Crippen molar-refractivity contribution in [1.29, 1.82) is 0 Å². The Kier molecular flexibility index (Phi) is 5.07. The molecule has 0 amide bonds. The van der Waals surface area contributed by atoms with Gasteiger partial charge in [-0.2, -0.15) is 0 Å². The van der Waals surface area contributed by atoms with Gasteiger partial charge in [0.05, 0.1) is 0 Å².